The molecule has 4 nitrogen and oxygen atoms in total. The number of methoxy groups -OCH3 is 1. The van der Waals surface area contributed by atoms with Crippen molar-refractivity contribution in [3.63, 3.8) is 0 Å². The molecule has 6 heteroatoms. The number of ether oxygens (including phenoxy) is 1. The first-order valence-corrected chi connectivity index (χ1v) is 8.46. The number of rotatable bonds is 7. The van der Waals surface area contributed by atoms with Crippen LogP contribution in [0.4, 0.5) is 0 Å². The predicted octanol–water partition coefficient (Wildman–Crippen LogP) is 3.27. The highest BCUT2D eigenvalue weighted by atomic mass is 79.9. The second kappa shape index (κ2) is 7.26. The number of halogens is 1. The van der Waals surface area contributed by atoms with Crippen LogP contribution in [0.1, 0.15) is 26.2 Å². The molecule has 0 aliphatic heterocycles. The normalized spacial score (nSPS) is 11.8. The zero-order valence-corrected chi connectivity index (χ0v) is 13.9. The molecule has 0 fully saturated rings. The van der Waals surface area contributed by atoms with Gasteiger partial charge in [0.2, 0.25) is 10.0 Å². The maximum Gasteiger partial charge on any atom is 0.246 e. The molecule has 0 aromatic heterocycles. The van der Waals surface area contributed by atoms with Gasteiger partial charge in [0.1, 0.15) is 10.6 Å². The van der Waals surface area contributed by atoms with Gasteiger partial charge in [-0.3, -0.25) is 0 Å². The summed E-state index contributed by atoms with van der Waals surface area (Å²) >= 11 is 3.29. The number of nitrogens with zero attached hydrogens (tertiary/aromatic N) is 1. The average Bonchev–Trinajstić information content (AvgIpc) is 2.38. The molecule has 0 bridgehead atoms. The summed E-state index contributed by atoms with van der Waals surface area (Å²) in [6.07, 6.45) is 2.95. The van der Waals surface area contributed by atoms with E-state index in [1.165, 1.54) is 11.4 Å². The van der Waals surface area contributed by atoms with Gasteiger partial charge in [-0.25, -0.2) is 12.7 Å². The Bertz CT molecular complexity index is 517. The van der Waals surface area contributed by atoms with Gasteiger partial charge in [-0.05, 0) is 24.6 Å². The van der Waals surface area contributed by atoms with Gasteiger partial charge in [0.25, 0.3) is 0 Å². The van der Waals surface area contributed by atoms with Gasteiger partial charge >= 0.3 is 0 Å². The quantitative estimate of drug-likeness (QED) is 0.709. The van der Waals surface area contributed by atoms with Crippen molar-refractivity contribution in [1.29, 1.82) is 0 Å². The maximum absolute atomic E-state index is 12.5. The summed E-state index contributed by atoms with van der Waals surface area (Å²) in [6.45, 7) is 2.61. The molecule has 19 heavy (non-hydrogen) atoms. The van der Waals surface area contributed by atoms with Gasteiger partial charge in [0.15, 0.2) is 0 Å². The lowest BCUT2D eigenvalue weighted by molar-refractivity contribution is 0.397. The summed E-state index contributed by atoms with van der Waals surface area (Å²) in [5, 5.41) is 0. The molecule has 0 radical (unpaired) electrons. The van der Waals surface area contributed by atoms with Crippen molar-refractivity contribution >= 4 is 26.0 Å². The second-order valence-electron chi connectivity index (χ2n) is 4.33. The van der Waals surface area contributed by atoms with E-state index in [0.717, 1.165) is 19.3 Å². The Morgan fingerprint density at radius 2 is 2.00 bits per heavy atom. The summed E-state index contributed by atoms with van der Waals surface area (Å²) in [7, 11) is -0.432. The van der Waals surface area contributed by atoms with Crippen molar-refractivity contribution in [2.75, 3.05) is 20.7 Å². The smallest absolute Gasteiger partial charge is 0.246 e. The number of hydrogen-bond donors (Lipinski definition) is 0. The molecule has 0 heterocycles. The van der Waals surface area contributed by atoms with Crippen LogP contribution in [0.2, 0.25) is 0 Å². The Labute approximate surface area is 123 Å². The van der Waals surface area contributed by atoms with Crippen molar-refractivity contribution in [3.8, 4) is 5.75 Å². The molecule has 0 atom stereocenters. The SMILES string of the molecule is CCCCCN(C)S(=O)(=O)c1cc(Br)ccc1OC. The summed E-state index contributed by atoms with van der Waals surface area (Å²) in [5.41, 5.74) is 0. The van der Waals surface area contributed by atoms with Gasteiger partial charge in [-0.15, -0.1) is 0 Å². The molecule has 1 rings (SSSR count). The van der Waals surface area contributed by atoms with Crippen LogP contribution in [0.25, 0.3) is 0 Å². The molecular weight excluding hydrogens is 330 g/mol. The number of hydrogen-bond acceptors (Lipinski definition) is 3. The Morgan fingerprint density at radius 3 is 2.58 bits per heavy atom. The fraction of sp³-hybridized carbons (Fsp3) is 0.538. The van der Waals surface area contributed by atoms with Crippen LogP contribution >= 0.6 is 15.9 Å². The highest BCUT2D eigenvalue weighted by Gasteiger charge is 2.24. The molecule has 0 N–H and O–H groups in total. The summed E-state index contributed by atoms with van der Waals surface area (Å²) in [5.74, 6) is 0.366. The second-order valence-corrected chi connectivity index (χ2v) is 7.26. The Morgan fingerprint density at radius 1 is 1.32 bits per heavy atom. The fourth-order valence-corrected chi connectivity index (χ4v) is 3.62. The van der Waals surface area contributed by atoms with E-state index in [0.29, 0.717) is 16.8 Å². The highest BCUT2D eigenvalue weighted by molar-refractivity contribution is 9.10. The Balaban J connectivity index is 3.02. The molecule has 108 valence electrons. The Kier molecular flexibility index (Phi) is 6.29. The van der Waals surface area contributed by atoms with Crippen LogP contribution < -0.4 is 4.74 Å². The number of benzene rings is 1. The first kappa shape index (κ1) is 16.5. The van der Waals surface area contributed by atoms with Gasteiger partial charge in [-0.1, -0.05) is 35.7 Å². The molecule has 1 aromatic rings. The minimum absolute atomic E-state index is 0.198. The molecule has 0 aliphatic rings. The van der Waals surface area contributed by atoms with Crippen molar-refractivity contribution in [3.05, 3.63) is 22.7 Å². The first-order valence-electron chi connectivity index (χ1n) is 6.23. The molecule has 0 saturated heterocycles. The van der Waals surface area contributed by atoms with Crippen molar-refractivity contribution < 1.29 is 13.2 Å². The van der Waals surface area contributed by atoms with Crippen molar-refractivity contribution in [2.24, 2.45) is 0 Å². The molecule has 1 aromatic carbocycles. The van der Waals surface area contributed by atoms with E-state index in [1.807, 2.05) is 0 Å². The predicted molar refractivity (Wildman–Crippen MR) is 80.0 cm³/mol. The van der Waals surface area contributed by atoms with Crippen LogP contribution in [0.3, 0.4) is 0 Å². The van der Waals surface area contributed by atoms with Gasteiger partial charge in [0, 0.05) is 18.1 Å². The molecule has 0 spiro atoms. The zero-order chi connectivity index (χ0) is 14.5. The van der Waals surface area contributed by atoms with E-state index in [9.17, 15) is 8.42 Å². The lowest BCUT2D eigenvalue weighted by Crippen LogP contribution is -2.28. The van der Waals surface area contributed by atoms with Crippen LogP contribution in [0.15, 0.2) is 27.6 Å². The third kappa shape index (κ3) is 4.19. The van der Waals surface area contributed by atoms with E-state index >= 15 is 0 Å². The van der Waals surface area contributed by atoms with E-state index in [-0.39, 0.29) is 4.90 Å². The third-order valence-corrected chi connectivity index (χ3v) is 5.26. The minimum atomic E-state index is -3.51. The van der Waals surface area contributed by atoms with Gasteiger partial charge < -0.3 is 4.74 Å². The third-order valence-electron chi connectivity index (χ3n) is 2.89. The lowest BCUT2D eigenvalue weighted by atomic mass is 10.2. The molecule has 0 saturated carbocycles. The van der Waals surface area contributed by atoms with E-state index < -0.39 is 10.0 Å². The summed E-state index contributed by atoms with van der Waals surface area (Å²) < 4.78 is 32.2. The standard InChI is InChI=1S/C13H20BrNO3S/c1-4-5-6-9-15(2)19(16,17)13-10-11(14)7-8-12(13)18-3/h7-8,10H,4-6,9H2,1-3H3. The van der Waals surface area contributed by atoms with E-state index in [1.54, 1.807) is 25.2 Å². The van der Waals surface area contributed by atoms with Crippen LogP contribution in [-0.4, -0.2) is 33.4 Å². The molecule has 0 amide bonds. The van der Waals surface area contributed by atoms with Gasteiger partial charge in [-0.2, -0.15) is 0 Å². The monoisotopic (exact) mass is 349 g/mol. The average molecular weight is 350 g/mol. The van der Waals surface area contributed by atoms with E-state index in [2.05, 4.69) is 22.9 Å². The fourth-order valence-electron chi connectivity index (χ4n) is 1.72. The lowest BCUT2D eigenvalue weighted by Gasteiger charge is -2.18. The van der Waals surface area contributed by atoms with E-state index in [4.69, 9.17) is 4.74 Å². The summed E-state index contributed by atoms with van der Waals surface area (Å²) in [4.78, 5) is 0.198. The highest BCUT2D eigenvalue weighted by Crippen LogP contribution is 2.29. The topological polar surface area (TPSA) is 46.6 Å². The molecule has 0 unspecified atom stereocenters. The van der Waals surface area contributed by atoms with Gasteiger partial charge in [0.05, 0.1) is 7.11 Å². The summed E-state index contributed by atoms with van der Waals surface area (Å²) in [6, 6.07) is 4.98. The van der Waals surface area contributed by atoms with Crippen molar-refractivity contribution in [1.82, 2.24) is 4.31 Å². The minimum Gasteiger partial charge on any atom is -0.495 e. The zero-order valence-electron chi connectivity index (χ0n) is 11.5. The van der Waals surface area contributed by atoms with Crippen LogP contribution in [0.5, 0.6) is 5.75 Å². The first-order chi connectivity index (χ1) is 8.93. The number of unbranched alkanes of at least 4 members (excludes halogenated alkanes) is 2. The number of sulfonamides is 1. The molecule has 0 aliphatic carbocycles. The maximum atomic E-state index is 12.5. The molecular formula is C13H20BrNO3S. The Hall–Kier alpha value is -0.590. The van der Waals surface area contributed by atoms with Crippen LogP contribution in [0, 0.1) is 0 Å². The van der Waals surface area contributed by atoms with Crippen LogP contribution in [-0.2, 0) is 10.0 Å². The largest absolute Gasteiger partial charge is 0.495 e. The van der Waals surface area contributed by atoms with Crippen molar-refractivity contribution in [2.45, 2.75) is 31.1 Å².